The van der Waals surface area contributed by atoms with Crippen LogP contribution in [0.3, 0.4) is 0 Å². The molecule has 0 unspecified atom stereocenters. The molecule has 0 fully saturated rings. The SMILES string of the molecule is CSc1cc2c(cc1CNCc1ccn[nH]1)OCCO2. The van der Waals surface area contributed by atoms with Crippen molar-refractivity contribution in [2.24, 2.45) is 0 Å². The normalized spacial score (nSPS) is 13.4. The third kappa shape index (κ3) is 2.91. The first kappa shape index (κ1) is 13.3. The molecule has 20 heavy (non-hydrogen) atoms. The summed E-state index contributed by atoms with van der Waals surface area (Å²) in [4.78, 5) is 1.21. The summed E-state index contributed by atoms with van der Waals surface area (Å²) in [5, 5.41) is 10.3. The molecular weight excluding hydrogens is 274 g/mol. The molecule has 1 aromatic carbocycles. The van der Waals surface area contributed by atoms with Crippen molar-refractivity contribution < 1.29 is 9.47 Å². The van der Waals surface area contributed by atoms with E-state index >= 15 is 0 Å². The van der Waals surface area contributed by atoms with Crippen molar-refractivity contribution in [1.82, 2.24) is 15.5 Å². The molecule has 0 bridgehead atoms. The van der Waals surface area contributed by atoms with Crippen molar-refractivity contribution in [3.63, 3.8) is 0 Å². The summed E-state index contributed by atoms with van der Waals surface area (Å²) >= 11 is 1.72. The average molecular weight is 291 g/mol. The lowest BCUT2D eigenvalue weighted by molar-refractivity contribution is 0.171. The van der Waals surface area contributed by atoms with Crippen molar-refractivity contribution in [2.75, 3.05) is 19.5 Å². The Hall–Kier alpha value is -1.66. The van der Waals surface area contributed by atoms with Gasteiger partial charge in [-0.05, 0) is 30.0 Å². The number of ether oxygens (including phenoxy) is 2. The number of H-pyrrole nitrogens is 1. The molecule has 1 aliphatic rings. The second-order valence-electron chi connectivity index (χ2n) is 4.49. The predicted molar refractivity (Wildman–Crippen MR) is 78.3 cm³/mol. The highest BCUT2D eigenvalue weighted by Crippen LogP contribution is 2.36. The van der Waals surface area contributed by atoms with Crippen molar-refractivity contribution >= 4 is 11.8 Å². The van der Waals surface area contributed by atoms with E-state index < -0.39 is 0 Å². The monoisotopic (exact) mass is 291 g/mol. The number of aromatic amines is 1. The van der Waals surface area contributed by atoms with Gasteiger partial charge in [0, 0.05) is 29.9 Å². The molecule has 0 atom stereocenters. The Labute approximate surface area is 122 Å². The van der Waals surface area contributed by atoms with Crippen LogP contribution in [0.4, 0.5) is 0 Å². The maximum Gasteiger partial charge on any atom is 0.162 e. The van der Waals surface area contributed by atoms with Crippen LogP contribution in [0, 0.1) is 0 Å². The predicted octanol–water partition coefficient (Wildman–Crippen LogP) is 2.19. The maximum absolute atomic E-state index is 5.64. The molecule has 3 rings (SSSR count). The van der Waals surface area contributed by atoms with E-state index in [2.05, 4.69) is 33.9 Å². The van der Waals surface area contributed by atoms with E-state index in [0.29, 0.717) is 13.2 Å². The molecule has 106 valence electrons. The fraction of sp³-hybridized carbons (Fsp3) is 0.357. The van der Waals surface area contributed by atoms with E-state index in [1.807, 2.05) is 6.07 Å². The number of thioether (sulfide) groups is 1. The zero-order chi connectivity index (χ0) is 13.8. The molecule has 0 amide bonds. The average Bonchev–Trinajstić information content (AvgIpc) is 3.00. The highest BCUT2D eigenvalue weighted by atomic mass is 32.2. The first-order valence-corrected chi connectivity index (χ1v) is 7.75. The minimum atomic E-state index is 0.618. The first-order chi connectivity index (χ1) is 9.86. The fourth-order valence-electron chi connectivity index (χ4n) is 2.16. The second kappa shape index (κ2) is 6.19. The summed E-state index contributed by atoms with van der Waals surface area (Å²) in [7, 11) is 0. The maximum atomic E-state index is 5.64. The van der Waals surface area contributed by atoms with Gasteiger partial charge in [-0.3, -0.25) is 5.10 Å². The molecule has 0 saturated heterocycles. The van der Waals surface area contributed by atoms with Crippen molar-refractivity contribution in [1.29, 1.82) is 0 Å². The van der Waals surface area contributed by atoms with Crippen LogP contribution in [0.25, 0.3) is 0 Å². The lowest BCUT2D eigenvalue weighted by Crippen LogP contribution is -2.17. The third-order valence-electron chi connectivity index (χ3n) is 3.13. The van der Waals surface area contributed by atoms with Gasteiger partial charge in [0.1, 0.15) is 13.2 Å². The summed E-state index contributed by atoms with van der Waals surface area (Å²) in [6, 6.07) is 6.10. The van der Waals surface area contributed by atoms with Gasteiger partial charge in [-0.1, -0.05) is 0 Å². The Bertz CT molecular complexity index is 572. The summed E-state index contributed by atoms with van der Waals surface area (Å²) < 4.78 is 11.2. The number of fused-ring (bicyclic) bond motifs is 1. The molecular formula is C14H17N3O2S. The van der Waals surface area contributed by atoms with Crippen LogP contribution in [0.2, 0.25) is 0 Å². The molecule has 0 saturated carbocycles. The van der Waals surface area contributed by atoms with Crippen LogP contribution in [0.15, 0.2) is 29.3 Å². The molecule has 2 aromatic rings. The zero-order valence-electron chi connectivity index (χ0n) is 11.3. The summed E-state index contributed by atoms with van der Waals surface area (Å²) in [5.74, 6) is 1.69. The second-order valence-corrected chi connectivity index (χ2v) is 5.34. The highest BCUT2D eigenvalue weighted by Gasteiger charge is 2.15. The molecule has 6 heteroatoms. The van der Waals surface area contributed by atoms with E-state index in [9.17, 15) is 0 Å². The largest absolute Gasteiger partial charge is 0.486 e. The van der Waals surface area contributed by atoms with Gasteiger partial charge >= 0.3 is 0 Å². The Morgan fingerprint density at radius 1 is 1.25 bits per heavy atom. The van der Waals surface area contributed by atoms with Crippen LogP contribution in [-0.2, 0) is 13.1 Å². The minimum absolute atomic E-state index is 0.618. The van der Waals surface area contributed by atoms with Gasteiger partial charge in [0.25, 0.3) is 0 Å². The Kier molecular flexibility index (Phi) is 4.13. The van der Waals surface area contributed by atoms with Crippen molar-refractivity contribution in [2.45, 2.75) is 18.0 Å². The Balaban J connectivity index is 1.71. The molecule has 5 nitrogen and oxygen atoms in total. The Morgan fingerprint density at radius 2 is 2.05 bits per heavy atom. The van der Waals surface area contributed by atoms with Crippen molar-refractivity contribution in [3.05, 3.63) is 35.7 Å². The minimum Gasteiger partial charge on any atom is -0.486 e. The zero-order valence-corrected chi connectivity index (χ0v) is 12.1. The molecule has 2 N–H and O–H groups in total. The molecule has 1 aromatic heterocycles. The lowest BCUT2D eigenvalue weighted by atomic mass is 10.2. The van der Waals surface area contributed by atoms with Gasteiger partial charge in [-0.2, -0.15) is 5.10 Å². The first-order valence-electron chi connectivity index (χ1n) is 6.52. The van der Waals surface area contributed by atoms with Gasteiger partial charge in [0.15, 0.2) is 11.5 Å². The van der Waals surface area contributed by atoms with Crippen LogP contribution < -0.4 is 14.8 Å². The number of hydrogen-bond donors (Lipinski definition) is 2. The van der Waals surface area contributed by atoms with Gasteiger partial charge in [0.05, 0.1) is 0 Å². The Morgan fingerprint density at radius 3 is 2.75 bits per heavy atom. The number of nitrogens with zero attached hydrogens (tertiary/aromatic N) is 1. The van der Waals surface area contributed by atoms with E-state index in [1.54, 1.807) is 18.0 Å². The number of rotatable bonds is 5. The van der Waals surface area contributed by atoms with Gasteiger partial charge in [-0.25, -0.2) is 0 Å². The summed E-state index contributed by atoms with van der Waals surface area (Å²) in [6.45, 7) is 2.79. The fourth-order valence-corrected chi connectivity index (χ4v) is 2.77. The number of aromatic nitrogens is 2. The van der Waals surface area contributed by atoms with Crippen LogP contribution in [0.5, 0.6) is 11.5 Å². The van der Waals surface area contributed by atoms with E-state index in [-0.39, 0.29) is 0 Å². The third-order valence-corrected chi connectivity index (χ3v) is 3.95. The van der Waals surface area contributed by atoms with Crippen LogP contribution >= 0.6 is 11.8 Å². The van der Waals surface area contributed by atoms with Crippen molar-refractivity contribution in [3.8, 4) is 11.5 Å². The van der Waals surface area contributed by atoms with Crippen LogP contribution in [0.1, 0.15) is 11.3 Å². The van der Waals surface area contributed by atoms with Gasteiger partial charge in [0.2, 0.25) is 0 Å². The number of nitrogens with one attached hydrogen (secondary N) is 2. The smallest absolute Gasteiger partial charge is 0.162 e. The van der Waals surface area contributed by atoms with E-state index in [0.717, 1.165) is 30.3 Å². The number of hydrogen-bond acceptors (Lipinski definition) is 5. The molecule has 0 radical (unpaired) electrons. The molecule has 2 heterocycles. The quantitative estimate of drug-likeness (QED) is 0.827. The highest BCUT2D eigenvalue weighted by molar-refractivity contribution is 7.98. The van der Waals surface area contributed by atoms with Gasteiger partial charge < -0.3 is 14.8 Å². The van der Waals surface area contributed by atoms with Crippen LogP contribution in [-0.4, -0.2) is 29.7 Å². The standard InChI is InChI=1S/C14H17N3O2S/c1-20-14-7-13-12(18-4-5-19-13)6-10(14)8-15-9-11-2-3-16-17-11/h2-3,6-7,15H,4-5,8-9H2,1H3,(H,16,17). The molecule has 0 spiro atoms. The molecule has 0 aliphatic carbocycles. The summed E-state index contributed by atoms with van der Waals surface area (Å²) in [6.07, 6.45) is 3.83. The van der Waals surface area contributed by atoms with E-state index in [4.69, 9.17) is 9.47 Å². The topological polar surface area (TPSA) is 59.2 Å². The van der Waals surface area contributed by atoms with E-state index in [1.165, 1.54) is 10.5 Å². The molecule has 1 aliphatic heterocycles. The number of benzene rings is 1. The lowest BCUT2D eigenvalue weighted by Gasteiger charge is -2.20. The summed E-state index contributed by atoms with van der Waals surface area (Å²) in [5.41, 5.74) is 2.30. The van der Waals surface area contributed by atoms with Gasteiger partial charge in [-0.15, -0.1) is 11.8 Å².